The van der Waals surface area contributed by atoms with E-state index in [0.29, 0.717) is 0 Å². The van der Waals surface area contributed by atoms with Gasteiger partial charge in [0.1, 0.15) is 0 Å². The van der Waals surface area contributed by atoms with Crippen molar-refractivity contribution in [2.45, 2.75) is 33.7 Å². The van der Waals surface area contributed by atoms with E-state index in [0.717, 1.165) is 0 Å². The van der Waals surface area contributed by atoms with Crippen LogP contribution >= 0.6 is 0 Å². The van der Waals surface area contributed by atoms with Crippen molar-refractivity contribution >= 4 is 0 Å². The van der Waals surface area contributed by atoms with E-state index in [1.54, 1.807) is 0 Å². The zero-order valence-electron chi connectivity index (χ0n) is 12.5. The van der Waals surface area contributed by atoms with E-state index in [2.05, 4.69) is 69.4 Å². The maximum absolute atomic E-state index is 3.45. The highest BCUT2D eigenvalue weighted by molar-refractivity contribution is 5.41. The lowest BCUT2D eigenvalue weighted by atomic mass is 9.92. The lowest BCUT2D eigenvalue weighted by molar-refractivity contribution is 0.686. The third-order valence-electron chi connectivity index (χ3n) is 3.90. The molecule has 0 aromatic heterocycles. The summed E-state index contributed by atoms with van der Waals surface area (Å²) in [5.74, 6) is 0. The molecule has 0 radical (unpaired) electrons. The van der Waals surface area contributed by atoms with Gasteiger partial charge in [0.25, 0.3) is 0 Å². The maximum atomic E-state index is 3.45. The molecule has 0 aliphatic carbocycles. The van der Waals surface area contributed by atoms with Crippen molar-refractivity contribution in [2.24, 2.45) is 0 Å². The fourth-order valence-electron chi connectivity index (χ4n) is 2.52. The van der Waals surface area contributed by atoms with Gasteiger partial charge in [-0.15, -0.1) is 0 Å². The normalized spacial score (nSPS) is 12.5. The molecule has 0 heterocycles. The molecule has 0 saturated carbocycles. The van der Waals surface area contributed by atoms with E-state index in [-0.39, 0.29) is 6.04 Å². The van der Waals surface area contributed by atoms with Crippen molar-refractivity contribution in [1.29, 1.82) is 0 Å². The molecule has 0 bridgehead atoms. The molecule has 1 nitrogen and oxygen atoms in total. The topological polar surface area (TPSA) is 12.0 Å². The highest BCUT2D eigenvalue weighted by Crippen LogP contribution is 2.26. The van der Waals surface area contributed by atoms with Gasteiger partial charge in [0.2, 0.25) is 0 Å². The molecule has 1 heteroatoms. The van der Waals surface area contributed by atoms with Crippen LogP contribution in [0.25, 0.3) is 0 Å². The molecule has 2 aromatic rings. The van der Waals surface area contributed by atoms with Crippen LogP contribution in [0, 0.1) is 27.7 Å². The highest BCUT2D eigenvalue weighted by atomic mass is 14.9. The SMILES string of the molecule is CNC(c1ccc(C)c(C)c1)c1cc(C)ccc1C. The second-order valence-electron chi connectivity index (χ2n) is 5.43. The Bertz CT molecular complexity index is 584. The van der Waals surface area contributed by atoms with Crippen LogP contribution in [-0.4, -0.2) is 7.05 Å². The van der Waals surface area contributed by atoms with Crippen molar-refractivity contribution in [3.05, 3.63) is 69.8 Å². The molecule has 0 aliphatic heterocycles. The molecule has 0 amide bonds. The molecule has 0 fully saturated rings. The van der Waals surface area contributed by atoms with Crippen molar-refractivity contribution in [3.8, 4) is 0 Å². The van der Waals surface area contributed by atoms with E-state index in [4.69, 9.17) is 0 Å². The Labute approximate surface area is 116 Å². The Morgan fingerprint density at radius 1 is 0.789 bits per heavy atom. The van der Waals surface area contributed by atoms with Gasteiger partial charge in [-0.25, -0.2) is 0 Å². The first-order valence-electron chi connectivity index (χ1n) is 6.84. The fraction of sp³-hybridized carbons (Fsp3) is 0.333. The molecule has 1 N–H and O–H groups in total. The van der Waals surface area contributed by atoms with Crippen molar-refractivity contribution in [3.63, 3.8) is 0 Å². The maximum Gasteiger partial charge on any atom is 0.0577 e. The predicted octanol–water partition coefficient (Wildman–Crippen LogP) is 4.23. The number of hydrogen-bond donors (Lipinski definition) is 1. The van der Waals surface area contributed by atoms with Crippen molar-refractivity contribution < 1.29 is 0 Å². The lowest BCUT2D eigenvalue weighted by Gasteiger charge is -2.21. The number of rotatable bonds is 3. The largest absolute Gasteiger partial charge is 0.309 e. The third kappa shape index (κ3) is 2.87. The van der Waals surface area contributed by atoms with Gasteiger partial charge in [0, 0.05) is 0 Å². The van der Waals surface area contributed by atoms with Gasteiger partial charge in [-0.3, -0.25) is 0 Å². The quantitative estimate of drug-likeness (QED) is 0.863. The van der Waals surface area contributed by atoms with Crippen LogP contribution in [0.1, 0.15) is 39.4 Å². The second-order valence-corrected chi connectivity index (χ2v) is 5.43. The van der Waals surface area contributed by atoms with Crippen LogP contribution < -0.4 is 5.32 Å². The zero-order valence-corrected chi connectivity index (χ0v) is 12.5. The van der Waals surface area contributed by atoms with E-state index in [1.165, 1.54) is 33.4 Å². The molecule has 2 aromatic carbocycles. The van der Waals surface area contributed by atoms with Crippen LogP contribution in [0.4, 0.5) is 0 Å². The van der Waals surface area contributed by atoms with Crippen LogP contribution in [0.5, 0.6) is 0 Å². The van der Waals surface area contributed by atoms with Crippen LogP contribution in [0.3, 0.4) is 0 Å². The van der Waals surface area contributed by atoms with E-state index in [9.17, 15) is 0 Å². The van der Waals surface area contributed by atoms with Gasteiger partial charge in [0.05, 0.1) is 6.04 Å². The number of aryl methyl sites for hydroxylation is 4. The Kier molecular flexibility index (Phi) is 4.06. The molecule has 100 valence electrons. The summed E-state index contributed by atoms with van der Waals surface area (Å²) in [4.78, 5) is 0. The molecule has 19 heavy (non-hydrogen) atoms. The summed E-state index contributed by atoms with van der Waals surface area (Å²) >= 11 is 0. The minimum Gasteiger partial charge on any atom is -0.309 e. The average Bonchev–Trinajstić information content (AvgIpc) is 2.38. The zero-order chi connectivity index (χ0) is 14.0. The Morgan fingerprint density at radius 3 is 2.11 bits per heavy atom. The summed E-state index contributed by atoms with van der Waals surface area (Å²) < 4.78 is 0. The fourth-order valence-corrected chi connectivity index (χ4v) is 2.52. The summed E-state index contributed by atoms with van der Waals surface area (Å²) in [5, 5.41) is 3.45. The highest BCUT2D eigenvalue weighted by Gasteiger charge is 2.14. The van der Waals surface area contributed by atoms with E-state index < -0.39 is 0 Å². The summed E-state index contributed by atoms with van der Waals surface area (Å²) in [7, 11) is 2.03. The van der Waals surface area contributed by atoms with Gasteiger partial charge in [0.15, 0.2) is 0 Å². The van der Waals surface area contributed by atoms with Crippen molar-refractivity contribution in [2.75, 3.05) is 7.05 Å². The van der Waals surface area contributed by atoms with Gasteiger partial charge >= 0.3 is 0 Å². The van der Waals surface area contributed by atoms with E-state index >= 15 is 0 Å². The van der Waals surface area contributed by atoms with Crippen LogP contribution in [0.15, 0.2) is 36.4 Å². The average molecular weight is 253 g/mol. The standard InChI is InChI=1S/C18H23N/c1-12-6-7-14(3)17(10-12)18(19-5)16-9-8-13(2)15(4)11-16/h6-11,18-19H,1-5H3. The minimum absolute atomic E-state index is 0.263. The summed E-state index contributed by atoms with van der Waals surface area (Å²) in [6.45, 7) is 8.66. The Balaban J connectivity index is 2.49. The van der Waals surface area contributed by atoms with Gasteiger partial charge in [-0.1, -0.05) is 42.0 Å². The summed E-state index contributed by atoms with van der Waals surface area (Å²) in [6.07, 6.45) is 0. The number of nitrogens with one attached hydrogen (secondary N) is 1. The molecular weight excluding hydrogens is 230 g/mol. The first-order chi connectivity index (χ1) is 9.02. The lowest BCUT2D eigenvalue weighted by Crippen LogP contribution is -2.19. The molecule has 2 rings (SSSR count). The molecular formula is C18H23N. The smallest absolute Gasteiger partial charge is 0.0577 e. The van der Waals surface area contributed by atoms with Gasteiger partial charge < -0.3 is 5.32 Å². The number of hydrogen-bond acceptors (Lipinski definition) is 1. The molecule has 1 atom stereocenters. The molecule has 0 spiro atoms. The Hall–Kier alpha value is -1.60. The first-order valence-corrected chi connectivity index (χ1v) is 6.84. The number of benzene rings is 2. The summed E-state index contributed by atoms with van der Waals surface area (Å²) in [5.41, 5.74) is 8.04. The van der Waals surface area contributed by atoms with Crippen LogP contribution in [0.2, 0.25) is 0 Å². The first kappa shape index (κ1) is 13.8. The van der Waals surface area contributed by atoms with E-state index in [1.807, 2.05) is 7.05 Å². The molecule has 0 saturated heterocycles. The molecule has 0 aliphatic rings. The van der Waals surface area contributed by atoms with Gasteiger partial charge in [-0.2, -0.15) is 0 Å². The Morgan fingerprint density at radius 2 is 1.47 bits per heavy atom. The predicted molar refractivity (Wildman–Crippen MR) is 82.7 cm³/mol. The van der Waals surface area contributed by atoms with Gasteiger partial charge in [-0.05, 0) is 62.6 Å². The summed E-state index contributed by atoms with van der Waals surface area (Å²) in [6, 6.07) is 13.6. The van der Waals surface area contributed by atoms with Crippen molar-refractivity contribution in [1.82, 2.24) is 5.32 Å². The van der Waals surface area contributed by atoms with Crippen LogP contribution in [-0.2, 0) is 0 Å². The second kappa shape index (κ2) is 5.58. The molecule has 1 unspecified atom stereocenters. The minimum atomic E-state index is 0.263. The third-order valence-corrected chi connectivity index (χ3v) is 3.90. The monoisotopic (exact) mass is 253 g/mol.